The zero-order valence-electron chi connectivity index (χ0n) is 11.8. The highest BCUT2D eigenvalue weighted by Crippen LogP contribution is 2.25. The van der Waals surface area contributed by atoms with E-state index in [1.165, 1.54) is 17.3 Å². The summed E-state index contributed by atoms with van der Waals surface area (Å²) in [4.78, 5) is -0.112. The van der Waals surface area contributed by atoms with Crippen LogP contribution in [0.5, 0.6) is 0 Å². The van der Waals surface area contributed by atoms with Crippen LogP contribution in [0.15, 0.2) is 17.0 Å². The molecule has 112 valence electrons. The molecule has 0 saturated carbocycles. The first-order valence-corrected chi connectivity index (χ1v) is 7.87. The fourth-order valence-corrected chi connectivity index (χ4v) is 3.94. The number of hydrogen-bond donors (Lipinski definition) is 1. The van der Waals surface area contributed by atoms with Gasteiger partial charge in [-0.1, -0.05) is 0 Å². The highest BCUT2D eigenvalue weighted by Gasteiger charge is 2.32. The number of anilines is 1. The number of nitrogens with two attached hydrogens (primary N) is 1. The van der Waals surface area contributed by atoms with Gasteiger partial charge in [-0.3, -0.25) is 0 Å². The molecule has 1 heterocycles. The van der Waals surface area contributed by atoms with Crippen molar-refractivity contribution in [3.8, 4) is 0 Å². The van der Waals surface area contributed by atoms with E-state index in [4.69, 9.17) is 10.5 Å². The van der Waals surface area contributed by atoms with E-state index < -0.39 is 15.8 Å². The van der Waals surface area contributed by atoms with Crippen LogP contribution < -0.4 is 5.73 Å². The Morgan fingerprint density at radius 2 is 1.85 bits per heavy atom. The zero-order chi connectivity index (χ0) is 15.1. The number of nitrogens with zero attached hydrogens (tertiary/aromatic N) is 1. The SMILES string of the molecule is Cc1c(N)cc(S(=O)(=O)N2C[C@@H](C)O[C@@H](C)C2)cc1F. The Labute approximate surface area is 118 Å². The Morgan fingerprint density at radius 1 is 1.30 bits per heavy atom. The fourth-order valence-electron chi connectivity index (χ4n) is 2.30. The predicted octanol–water partition coefficient (Wildman–Crippen LogP) is 1.51. The second kappa shape index (κ2) is 5.31. The third kappa shape index (κ3) is 2.79. The number of nitrogen functional groups attached to an aromatic ring is 1. The summed E-state index contributed by atoms with van der Waals surface area (Å²) in [6.45, 7) is 5.63. The van der Waals surface area contributed by atoms with E-state index in [1.54, 1.807) is 0 Å². The lowest BCUT2D eigenvalue weighted by Gasteiger charge is -2.34. The molecule has 2 rings (SSSR count). The number of morpholine rings is 1. The number of benzene rings is 1. The van der Waals surface area contributed by atoms with E-state index in [0.29, 0.717) is 0 Å². The Bertz CT molecular complexity index is 585. The zero-order valence-corrected chi connectivity index (χ0v) is 12.6. The standard InChI is InChI=1S/C13H19FN2O3S/c1-8-6-16(7-9(2)19-8)20(17,18)11-4-12(14)10(3)13(15)5-11/h4-5,8-9H,6-7,15H2,1-3H3/t8-,9+. The van der Waals surface area contributed by atoms with Crippen LogP contribution in [0.4, 0.5) is 10.1 Å². The molecule has 0 aliphatic carbocycles. The van der Waals surface area contributed by atoms with Gasteiger partial charge in [0.2, 0.25) is 10.0 Å². The van der Waals surface area contributed by atoms with Crippen molar-refractivity contribution < 1.29 is 17.5 Å². The molecule has 7 heteroatoms. The molecule has 0 unspecified atom stereocenters. The van der Waals surface area contributed by atoms with Crippen molar-refractivity contribution in [1.82, 2.24) is 4.31 Å². The molecule has 0 aromatic heterocycles. The van der Waals surface area contributed by atoms with Crippen LogP contribution >= 0.6 is 0 Å². The quantitative estimate of drug-likeness (QED) is 0.841. The average Bonchev–Trinajstić information content (AvgIpc) is 2.34. The molecular formula is C13H19FN2O3S. The van der Waals surface area contributed by atoms with Crippen molar-refractivity contribution in [2.45, 2.75) is 37.9 Å². The molecule has 0 bridgehead atoms. The summed E-state index contributed by atoms with van der Waals surface area (Å²) in [6, 6.07) is 2.32. The lowest BCUT2D eigenvalue weighted by molar-refractivity contribution is -0.0440. The first-order chi connectivity index (χ1) is 9.21. The smallest absolute Gasteiger partial charge is 0.243 e. The minimum atomic E-state index is -3.76. The molecule has 0 amide bonds. The van der Waals surface area contributed by atoms with Crippen molar-refractivity contribution in [2.75, 3.05) is 18.8 Å². The summed E-state index contributed by atoms with van der Waals surface area (Å²) in [5, 5.41) is 0. The van der Waals surface area contributed by atoms with Gasteiger partial charge in [-0.25, -0.2) is 12.8 Å². The van der Waals surface area contributed by atoms with E-state index in [0.717, 1.165) is 6.07 Å². The second-order valence-electron chi connectivity index (χ2n) is 5.20. The van der Waals surface area contributed by atoms with Crippen LogP contribution in [-0.4, -0.2) is 38.0 Å². The summed E-state index contributed by atoms with van der Waals surface area (Å²) < 4.78 is 45.6. The molecule has 2 atom stereocenters. The summed E-state index contributed by atoms with van der Waals surface area (Å²) in [7, 11) is -3.76. The first kappa shape index (κ1) is 15.2. The maximum atomic E-state index is 13.7. The topological polar surface area (TPSA) is 72.6 Å². The molecule has 2 N–H and O–H groups in total. The molecule has 1 fully saturated rings. The van der Waals surface area contributed by atoms with E-state index in [9.17, 15) is 12.8 Å². The van der Waals surface area contributed by atoms with Crippen LogP contribution in [0, 0.1) is 12.7 Å². The van der Waals surface area contributed by atoms with Gasteiger partial charge in [0, 0.05) is 24.3 Å². The molecule has 1 aromatic rings. The van der Waals surface area contributed by atoms with E-state index in [2.05, 4.69) is 0 Å². The number of hydrogen-bond acceptors (Lipinski definition) is 4. The number of ether oxygens (including phenoxy) is 1. The molecule has 5 nitrogen and oxygen atoms in total. The monoisotopic (exact) mass is 302 g/mol. The maximum Gasteiger partial charge on any atom is 0.243 e. The highest BCUT2D eigenvalue weighted by molar-refractivity contribution is 7.89. The Morgan fingerprint density at radius 3 is 2.35 bits per heavy atom. The van der Waals surface area contributed by atoms with E-state index >= 15 is 0 Å². The van der Waals surface area contributed by atoms with Crippen LogP contribution in [0.3, 0.4) is 0 Å². The largest absolute Gasteiger partial charge is 0.398 e. The predicted molar refractivity (Wildman–Crippen MR) is 74.3 cm³/mol. The van der Waals surface area contributed by atoms with Gasteiger partial charge in [0.15, 0.2) is 0 Å². The summed E-state index contributed by atoms with van der Waals surface area (Å²) >= 11 is 0. The van der Waals surface area contributed by atoms with Gasteiger partial charge in [-0.05, 0) is 32.9 Å². The average molecular weight is 302 g/mol. The van der Waals surface area contributed by atoms with Gasteiger partial charge in [0.05, 0.1) is 17.1 Å². The third-order valence-corrected chi connectivity index (χ3v) is 5.19. The maximum absolute atomic E-state index is 13.7. The molecule has 1 aliphatic rings. The van der Waals surface area contributed by atoms with Crippen LogP contribution in [0.2, 0.25) is 0 Å². The molecule has 1 aliphatic heterocycles. The molecule has 1 saturated heterocycles. The highest BCUT2D eigenvalue weighted by atomic mass is 32.2. The number of rotatable bonds is 2. The third-order valence-electron chi connectivity index (χ3n) is 3.38. The second-order valence-corrected chi connectivity index (χ2v) is 7.14. The van der Waals surface area contributed by atoms with Gasteiger partial charge in [-0.15, -0.1) is 0 Å². The fraction of sp³-hybridized carbons (Fsp3) is 0.538. The molecular weight excluding hydrogens is 283 g/mol. The molecule has 20 heavy (non-hydrogen) atoms. The van der Waals surface area contributed by atoms with E-state index in [1.807, 2.05) is 13.8 Å². The molecule has 1 aromatic carbocycles. The Hall–Kier alpha value is -1.18. The minimum Gasteiger partial charge on any atom is -0.398 e. The van der Waals surface area contributed by atoms with Gasteiger partial charge in [0.25, 0.3) is 0 Å². The first-order valence-electron chi connectivity index (χ1n) is 6.43. The van der Waals surface area contributed by atoms with Gasteiger partial charge < -0.3 is 10.5 Å². The summed E-state index contributed by atoms with van der Waals surface area (Å²) in [5.41, 5.74) is 6.05. The summed E-state index contributed by atoms with van der Waals surface area (Å²) in [5.74, 6) is -0.613. The van der Waals surface area contributed by atoms with Gasteiger partial charge in [0.1, 0.15) is 5.82 Å². The minimum absolute atomic E-state index is 0.112. The lowest BCUT2D eigenvalue weighted by Crippen LogP contribution is -2.48. The van der Waals surface area contributed by atoms with Crippen molar-refractivity contribution in [3.05, 3.63) is 23.5 Å². The van der Waals surface area contributed by atoms with E-state index in [-0.39, 0.29) is 41.4 Å². The normalized spacial score (nSPS) is 24.8. The molecule has 0 radical (unpaired) electrons. The van der Waals surface area contributed by atoms with Crippen LogP contribution in [0.25, 0.3) is 0 Å². The molecule has 0 spiro atoms. The van der Waals surface area contributed by atoms with Crippen molar-refractivity contribution in [1.29, 1.82) is 0 Å². The van der Waals surface area contributed by atoms with Crippen molar-refractivity contribution in [3.63, 3.8) is 0 Å². The van der Waals surface area contributed by atoms with Crippen LogP contribution in [0.1, 0.15) is 19.4 Å². The Kier molecular flexibility index (Phi) is 4.04. The van der Waals surface area contributed by atoms with Crippen molar-refractivity contribution >= 4 is 15.7 Å². The van der Waals surface area contributed by atoms with Crippen LogP contribution in [-0.2, 0) is 14.8 Å². The van der Waals surface area contributed by atoms with Crippen molar-refractivity contribution in [2.24, 2.45) is 0 Å². The van der Waals surface area contributed by atoms with Gasteiger partial charge >= 0.3 is 0 Å². The Balaban J connectivity index is 2.40. The lowest BCUT2D eigenvalue weighted by atomic mass is 10.2. The number of halogens is 1. The number of sulfonamides is 1. The summed E-state index contributed by atoms with van der Waals surface area (Å²) in [6.07, 6.45) is -0.387. The van der Waals surface area contributed by atoms with Gasteiger partial charge in [-0.2, -0.15) is 4.31 Å².